The van der Waals surface area contributed by atoms with Crippen LogP contribution in [0.2, 0.25) is 0 Å². The first-order chi connectivity index (χ1) is 17.0. The fourth-order valence-corrected chi connectivity index (χ4v) is 4.56. The molecule has 0 fully saturated rings. The Bertz CT molecular complexity index is 1430. The van der Waals surface area contributed by atoms with Gasteiger partial charge in [-0.2, -0.15) is 0 Å². The van der Waals surface area contributed by atoms with Crippen molar-refractivity contribution in [3.05, 3.63) is 87.3 Å². The van der Waals surface area contributed by atoms with E-state index in [4.69, 9.17) is 10.5 Å². The van der Waals surface area contributed by atoms with E-state index in [-0.39, 0.29) is 36.3 Å². The van der Waals surface area contributed by atoms with Crippen LogP contribution in [-0.4, -0.2) is 50.9 Å². The van der Waals surface area contributed by atoms with Gasteiger partial charge in [0.1, 0.15) is 5.82 Å². The Labute approximate surface area is 205 Å². The monoisotopic (exact) mass is 494 g/mol. The second kappa shape index (κ2) is 11.1. The second-order valence-electron chi connectivity index (χ2n) is 7.78. The lowest BCUT2D eigenvalue weighted by atomic mass is 10.2. The minimum absolute atomic E-state index is 0.0255. The van der Waals surface area contributed by atoms with Crippen LogP contribution in [0.5, 0.6) is 0 Å². The van der Waals surface area contributed by atoms with Crippen molar-refractivity contribution in [2.45, 2.75) is 18.1 Å². The summed E-state index contributed by atoms with van der Waals surface area (Å²) in [7, 11) is 1.56. The lowest BCUT2D eigenvalue weighted by Gasteiger charge is -2.24. The highest BCUT2D eigenvalue weighted by molar-refractivity contribution is 7.99. The second-order valence-corrected chi connectivity index (χ2v) is 8.72. The van der Waals surface area contributed by atoms with Gasteiger partial charge >= 0.3 is 5.69 Å². The van der Waals surface area contributed by atoms with E-state index in [1.807, 2.05) is 59.1 Å². The van der Waals surface area contributed by atoms with E-state index in [1.165, 1.54) is 21.2 Å². The molecular weight excluding hydrogens is 468 g/mol. The van der Waals surface area contributed by atoms with Gasteiger partial charge < -0.3 is 15.4 Å². The Morgan fingerprint density at radius 1 is 1.17 bits per heavy atom. The van der Waals surface area contributed by atoms with Crippen LogP contribution in [0.4, 0.5) is 11.5 Å². The number of benzene rings is 1. The normalized spacial score (nSPS) is 11.1. The van der Waals surface area contributed by atoms with Gasteiger partial charge in [-0.15, -0.1) is 0 Å². The van der Waals surface area contributed by atoms with Crippen LogP contribution in [0.15, 0.2) is 75.7 Å². The summed E-state index contributed by atoms with van der Waals surface area (Å²) in [5, 5.41) is 0.654. The number of fused-ring (bicyclic) bond motifs is 1. The number of nitrogens with two attached hydrogens (primary N) is 1. The highest BCUT2D eigenvalue weighted by Gasteiger charge is 2.24. The first kappa shape index (κ1) is 24.3. The van der Waals surface area contributed by atoms with Crippen LogP contribution in [0.3, 0.4) is 0 Å². The summed E-state index contributed by atoms with van der Waals surface area (Å²) >= 11 is 1.26. The SMILES string of the molecule is COCCCN(C(=O)CSc1ncc2ccccn12)c1c(N)n(Cc2ccccc2)c(=O)[nH]c1=O. The van der Waals surface area contributed by atoms with Gasteiger partial charge in [0.15, 0.2) is 10.8 Å². The predicted molar refractivity (Wildman–Crippen MR) is 136 cm³/mol. The molecule has 11 heteroatoms. The number of nitrogens with zero attached hydrogens (tertiary/aromatic N) is 4. The molecule has 0 saturated carbocycles. The van der Waals surface area contributed by atoms with E-state index in [1.54, 1.807) is 13.3 Å². The van der Waals surface area contributed by atoms with Crippen molar-refractivity contribution in [3.8, 4) is 0 Å². The molecule has 10 nitrogen and oxygen atoms in total. The lowest BCUT2D eigenvalue weighted by molar-refractivity contribution is -0.116. The molecule has 35 heavy (non-hydrogen) atoms. The third kappa shape index (κ3) is 5.47. The van der Waals surface area contributed by atoms with Crippen molar-refractivity contribution in [1.82, 2.24) is 18.9 Å². The van der Waals surface area contributed by atoms with E-state index in [0.717, 1.165) is 11.1 Å². The van der Waals surface area contributed by atoms with Crippen molar-refractivity contribution >= 4 is 34.7 Å². The molecule has 4 rings (SSSR count). The number of nitrogen functional groups attached to an aromatic ring is 1. The number of imidazole rings is 1. The Morgan fingerprint density at radius 2 is 1.94 bits per heavy atom. The first-order valence-electron chi connectivity index (χ1n) is 11.0. The zero-order valence-electron chi connectivity index (χ0n) is 19.2. The van der Waals surface area contributed by atoms with Crippen LogP contribution in [0.1, 0.15) is 12.0 Å². The summed E-state index contributed by atoms with van der Waals surface area (Å²) in [6.45, 7) is 0.750. The summed E-state index contributed by atoms with van der Waals surface area (Å²) in [6, 6.07) is 15.0. The fourth-order valence-electron chi connectivity index (χ4n) is 3.72. The van der Waals surface area contributed by atoms with Gasteiger partial charge in [0.05, 0.1) is 24.0 Å². The molecule has 0 unspecified atom stereocenters. The van der Waals surface area contributed by atoms with Crippen LogP contribution in [0, 0.1) is 0 Å². The molecular formula is C24H26N6O4S. The smallest absolute Gasteiger partial charge is 0.330 e. The number of carbonyl (C=O) groups excluding carboxylic acids is 1. The molecule has 0 saturated heterocycles. The topological polar surface area (TPSA) is 128 Å². The quantitative estimate of drug-likeness (QED) is 0.255. The van der Waals surface area contributed by atoms with E-state index < -0.39 is 11.2 Å². The molecule has 0 aliphatic carbocycles. The number of amides is 1. The van der Waals surface area contributed by atoms with Crippen molar-refractivity contribution in [2.24, 2.45) is 0 Å². The average Bonchev–Trinajstić information content (AvgIpc) is 3.28. The molecule has 0 atom stereocenters. The molecule has 4 aromatic rings. The first-order valence-corrected chi connectivity index (χ1v) is 12.0. The number of ether oxygens (including phenoxy) is 1. The molecule has 3 heterocycles. The number of carbonyl (C=O) groups is 1. The summed E-state index contributed by atoms with van der Waals surface area (Å²) in [5.74, 6) is -0.372. The van der Waals surface area contributed by atoms with Gasteiger partial charge in [-0.25, -0.2) is 9.78 Å². The van der Waals surface area contributed by atoms with Crippen LogP contribution < -0.4 is 21.9 Å². The maximum atomic E-state index is 13.4. The number of aromatic nitrogens is 4. The number of anilines is 2. The Morgan fingerprint density at radius 3 is 2.71 bits per heavy atom. The van der Waals surface area contributed by atoms with Gasteiger partial charge in [-0.1, -0.05) is 48.2 Å². The number of H-pyrrole nitrogens is 1. The number of pyridine rings is 1. The van der Waals surface area contributed by atoms with Crippen molar-refractivity contribution < 1.29 is 9.53 Å². The molecule has 0 bridgehead atoms. The average molecular weight is 495 g/mol. The van der Waals surface area contributed by atoms with Crippen molar-refractivity contribution in [1.29, 1.82) is 0 Å². The van der Waals surface area contributed by atoms with E-state index in [0.29, 0.717) is 18.2 Å². The zero-order valence-corrected chi connectivity index (χ0v) is 20.0. The maximum Gasteiger partial charge on any atom is 0.330 e. The van der Waals surface area contributed by atoms with E-state index in [2.05, 4.69) is 9.97 Å². The summed E-state index contributed by atoms with van der Waals surface area (Å²) in [6.07, 6.45) is 4.08. The lowest BCUT2D eigenvalue weighted by Crippen LogP contribution is -2.42. The summed E-state index contributed by atoms with van der Waals surface area (Å²) < 4.78 is 8.27. The largest absolute Gasteiger partial charge is 0.385 e. The highest BCUT2D eigenvalue weighted by atomic mass is 32.2. The number of rotatable bonds is 10. The van der Waals surface area contributed by atoms with Gasteiger partial charge in [-0.05, 0) is 24.1 Å². The number of hydrogen-bond acceptors (Lipinski definition) is 7. The molecule has 0 aliphatic rings. The molecule has 3 aromatic heterocycles. The zero-order chi connectivity index (χ0) is 24.8. The third-order valence-corrected chi connectivity index (χ3v) is 6.38. The number of hydrogen-bond donors (Lipinski definition) is 2. The minimum atomic E-state index is -0.709. The number of nitrogens with one attached hydrogen (secondary N) is 1. The minimum Gasteiger partial charge on any atom is -0.385 e. The number of thioether (sulfide) groups is 1. The molecule has 0 aliphatic heterocycles. The van der Waals surface area contributed by atoms with Gasteiger partial charge in [0.2, 0.25) is 5.91 Å². The standard InChI is InChI=1S/C24H26N6O4S/c1-34-13-7-12-29(19(31)16-35-24-26-14-18-10-5-6-11-28(18)24)20-21(25)30(23(33)27-22(20)32)15-17-8-3-2-4-9-17/h2-6,8-11,14H,7,12-13,15-16,25H2,1H3,(H,27,32,33). The Hall–Kier alpha value is -3.83. The summed E-state index contributed by atoms with van der Waals surface area (Å²) in [4.78, 5) is 46.8. The Kier molecular flexibility index (Phi) is 7.68. The number of methoxy groups -OCH3 is 1. The molecule has 1 amide bonds. The molecule has 1 aromatic carbocycles. The Balaban J connectivity index is 1.64. The van der Waals surface area contributed by atoms with E-state index >= 15 is 0 Å². The van der Waals surface area contributed by atoms with Crippen LogP contribution in [-0.2, 0) is 16.1 Å². The third-order valence-electron chi connectivity index (χ3n) is 5.43. The summed E-state index contributed by atoms with van der Waals surface area (Å²) in [5.41, 5.74) is 6.69. The predicted octanol–water partition coefficient (Wildman–Crippen LogP) is 1.98. The molecule has 182 valence electrons. The highest BCUT2D eigenvalue weighted by Crippen LogP contribution is 2.23. The van der Waals surface area contributed by atoms with Gasteiger partial charge in [-0.3, -0.25) is 23.5 Å². The maximum absolute atomic E-state index is 13.4. The van der Waals surface area contributed by atoms with Crippen LogP contribution >= 0.6 is 11.8 Å². The van der Waals surface area contributed by atoms with Crippen molar-refractivity contribution in [2.75, 3.05) is 36.6 Å². The molecule has 3 N–H and O–H groups in total. The van der Waals surface area contributed by atoms with Crippen LogP contribution in [0.25, 0.3) is 5.52 Å². The molecule has 0 radical (unpaired) electrons. The van der Waals surface area contributed by atoms with Crippen molar-refractivity contribution in [3.63, 3.8) is 0 Å². The van der Waals surface area contributed by atoms with Gasteiger partial charge in [0.25, 0.3) is 5.56 Å². The van der Waals surface area contributed by atoms with E-state index in [9.17, 15) is 14.4 Å². The molecule has 0 spiro atoms. The van der Waals surface area contributed by atoms with Gasteiger partial charge in [0, 0.05) is 26.5 Å². The fraction of sp³-hybridized carbons (Fsp3) is 0.250. The number of aromatic amines is 1.